The molecule has 1 aliphatic rings. The topological polar surface area (TPSA) is 37.0 Å². The quantitative estimate of drug-likeness (QED) is 0.741. The molecule has 1 aromatic rings. The normalized spacial score (nSPS) is 15.7. The Bertz CT molecular complexity index is 459. The van der Waals surface area contributed by atoms with Crippen LogP contribution in [0.4, 0.5) is 5.82 Å². The van der Waals surface area contributed by atoms with Gasteiger partial charge in [-0.1, -0.05) is 12.8 Å². The van der Waals surface area contributed by atoms with Crippen molar-refractivity contribution in [3.8, 4) is 0 Å². The van der Waals surface area contributed by atoms with E-state index >= 15 is 0 Å². The summed E-state index contributed by atoms with van der Waals surface area (Å²) < 4.78 is 1.88. The summed E-state index contributed by atoms with van der Waals surface area (Å²) in [5.41, 5.74) is 0.935. The number of aryl methyl sites for hydroxylation is 1. The van der Waals surface area contributed by atoms with Gasteiger partial charge in [0, 0.05) is 10.5 Å². The van der Waals surface area contributed by atoms with Crippen LogP contribution in [-0.4, -0.2) is 16.1 Å². The Kier molecular flexibility index (Phi) is 4.98. The largest absolute Gasteiger partial charge is 0.360 e. The lowest BCUT2D eigenvalue weighted by atomic mass is 10.3. The molecule has 0 radical (unpaired) electrons. The number of halogens is 2. The van der Waals surface area contributed by atoms with Crippen molar-refractivity contribution in [2.45, 2.75) is 38.6 Å². The molecule has 98 valence electrons. The molecule has 1 fully saturated rings. The van der Waals surface area contributed by atoms with Crippen LogP contribution < -0.4 is 10.6 Å². The Labute approximate surface area is 129 Å². The summed E-state index contributed by atoms with van der Waals surface area (Å²) >= 11 is 12.2. The van der Waals surface area contributed by atoms with E-state index in [-0.39, 0.29) is 0 Å². The number of thiocarbonyl (C=S) groups is 1. The van der Waals surface area contributed by atoms with Crippen molar-refractivity contribution in [3.63, 3.8) is 0 Å². The number of pyridine rings is 1. The summed E-state index contributed by atoms with van der Waals surface area (Å²) in [7, 11) is 0. The zero-order valence-corrected chi connectivity index (χ0v) is 14.1. The van der Waals surface area contributed by atoms with Crippen LogP contribution in [0.1, 0.15) is 31.4 Å². The fourth-order valence-electron chi connectivity index (χ4n) is 2.05. The molecule has 2 N–H and O–H groups in total. The van der Waals surface area contributed by atoms with E-state index in [0.717, 1.165) is 20.5 Å². The van der Waals surface area contributed by atoms with Crippen LogP contribution >= 0.6 is 44.1 Å². The minimum atomic E-state index is 0.514. The molecule has 0 amide bonds. The molecule has 0 aliphatic heterocycles. The summed E-state index contributed by atoms with van der Waals surface area (Å²) in [6.45, 7) is 1.95. The monoisotopic (exact) mass is 391 g/mol. The average molecular weight is 393 g/mol. The highest BCUT2D eigenvalue weighted by atomic mass is 79.9. The highest BCUT2D eigenvalue weighted by Gasteiger charge is 2.16. The molecule has 1 aromatic heterocycles. The molecule has 0 aromatic carbocycles. The summed E-state index contributed by atoms with van der Waals surface area (Å²) in [5, 5.41) is 7.13. The number of nitrogens with one attached hydrogen (secondary N) is 2. The van der Waals surface area contributed by atoms with E-state index in [4.69, 9.17) is 12.2 Å². The van der Waals surface area contributed by atoms with Crippen molar-refractivity contribution in [2.75, 3.05) is 5.32 Å². The first kappa shape index (κ1) is 14.2. The maximum Gasteiger partial charge on any atom is 0.172 e. The second kappa shape index (κ2) is 6.30. The standard InChI is InChI=1S/C12H15Br2N3S/c1-7-9(13)6-10(14)11(15-7)17-12(18)16-8-4-2-3-5-8/h6,8H,2-5H2,1H3,(H2,15,16,17,18). The summed E-state index contributed by atoms with van der Waals surface area (Å²) in [6.07, 6.45) is 4.99. The van der Waals surface area contributed by atoms with Gasteiger partial charge >= 0.3 is 0 Å². The smallest absolute Gasteiger partial charge is 0.172 e. The van der Waals surface area contributed by atoms with E-state index in [1.54, 1.807) is 0 Å². The Morgan fingerprint density at radius 3 is 2.67 bits per heavy atom. The highest BCUT2D eigenvalue weighted by molar-refractivity contribution is 9.11. The van der Waals surface area contributed by atoms with Crippen LogP contribution in [0.15, 0.2) is 15.0 Å². The highest BCUT2D eigenvalue weighted by Crippen LogP contribution is 2.26. The average Bonchev–Trinajstić information content (AvgIpc) is 2.78. The lowest BCUT2D eigenvalue weighted by molar-refractivity contribution is 0.634. The Balaban J connectivity index is 2.00. The van der Waals surface area contributed by atoms with Gasteiger partial charge in [0.25, 0.3) is 0 Å². The molecule has 0 atom stereocenters. The van der Waals surface area contributed by atoms with Crippen molar-refractivity contribution in [1.82, 2.24) is 10.3 Å². The second-order valence-corrected chi connectivity index (χ2v) is 6.58. The molecule has 0 unspecified atom stereocenters. The molecule has 3 nitrogen and oxygen atoms in total. The first-order valence-electron chi connectivity index (χ1n) is 5.96. The number of nitrogens with zero attached hydrogens (tertiary/aromatic N) is 1. The van der Waals surface area contributed by atoms with Crippen molar-refractivity contribution in [1.29, 1.82) is 0 Å². The van der Waals surface area contributed by atoms with Gasteiger partial charge in [-0.05, 0) is 69.9 Å². The SMILES string of the molecule is Cc1nc(NC(=S)NC2CCCC2)c(Br)cc1Br. The molecule has 0 bridgehead atoms. The van der Waals surface area contributed by atoms with Crippen molar-refractivity contribution < 1.29 is 0 Å². The van der Waals surface area contributed by atoms with E-state index in [9.17, 15) is 0 Å². The second-order valence-electron chi connectivity index (χ2n) is 4.47. The zero-order chi connectivity index (χ0) is 13.1. The number of rotatable bonds is 2. The van der Waals surface area contributed by atoms with Crippen molar-refractivity contribution in [2.24, 2.45) is 0 Å². The minimum Gasteiger partial charge on any atom is -0.360 e. The van der Waals surface area contributed by atoms with Crippen molar-refractivity contribution >= 4 is 55.0 Å². The number of aromatic nitrogens is 1. The molecule has 6 heteroatoms. The molecule has 0 saturated heterocycles. The molecular formula is C12H15Br2N3S. The fraction of sp³-hybridized carbons (Fsp3) is 0.500. The first-order chi connectivity index (χ1) is 8.56. The van der Waals surface area contributed by atoms with Crippen LogP contribution in [0.3, 0.4) is 0 Å². The third-order valence-electron chi connectivity index (χ3n) is 3.03. The lowest BCUT2D eigenvalue weighted by Crippen LogP contribution is -2.36. The maximum atomic E-state index is 5.31. The van der Waals surface area contributed by atoms with Gasteiger partial charge in [0.1, 0.15) is 5.82 Å². The van der Waals surface area contributed by atoms with E-state index in [1.165, 1.54) is 25.7 Å². The van der Waals surface area contributed by atoms with Gasteiger partial charge in [0.05, 0.1) is 10.2 Å². The van der Waals surface area contributed by atoms with E-state index in [1.807, 2.05) is 13.0 Å². The molecule has 2 rings (SSSR count). The Morgan fingerprint density at radius 1 is 1.33 bits per heavy atom. The lowest BCUT2D eigenvalue weighted by Gasteiger charge is -2.16. The fourth-order valence-corrected chi connectivity index (χ4v) is 3.35. The minimum absolute atomic E-state index is 0.514. The summed E-state index contributed by atoms with van der Waals surface area (Å²) in [5.74, 6) is 0.756. The van der Waals surface area contributed by atoms with Crippen LogP contribution in [0.25, 0.3) is 0 Å². The van der Waals surface area contributed by atoms with Crippen LogP contribution in [-0.2, 0) is 0 Å². The number of anilines is 1. The van der Waals surface area contributed by atoms with E-state index in [2.05, 4.69) is 47.5 Å². The van der Waals surface area contributed by atoms with Crippen LogP contribution in [0, 0.1) is 6.92 Å². The number of hydrogen-bond acceptors (Lipinski definition) is 2. The van der Waals surface area contributed by atoms with Gasteiger partial charge < -0.3 is 10.6 Å². The molecule has 1 aliphatic carbocycles. The van der Waals surface area contributed by atoms with Crippen LogP contribution in [0.5, 0.6) is 0 Å². The van der Waals surface area contributed by atoms with Gasteiger partial charge in [-0.2, -0.15) is 0 Å². The van der Waals surface area contributed by atoms with Gasteiger partial charge in [0.15, 0.2) is 5.11 Å². The van der Waals surface area contributed by atoms with Gasteiger partial charge in [-0.15, -0.1) is 0 Å². The summed E-state index contributed by atoms with van der Waals surface area (Å²) in [4.78, 5) is 4.45. The predicted octanol–water partition coefficient (Wildman–Crippen LogP) is 4.14. The van der Waals surface area contributed by atoms with Crippen LogP contribution in [0.2, 0.25) is 0 Å². The number of hydrogen-bond donors (Lipinski definition) is 2. The Morgan fingerprint density at radius 2 is 2.00 bits per heavy atom. The maximum absolute atomic E-state index is 5.31. The van der Waals surface area contributed by atoms with E-state index in [0.29, 0.717) is 11.2 Å². The first-order valence-corrected chi connectivity index (χ1v) is 7.96. The van der Waals surface area contributed by atoms with E-state index < -0.39 is 0 Å². The molecule has 1 heterocycles. The van der Waals surface area contributed by atoms with Crippen molar-refractivity contribution in [3.05, 3.63) is 20.7 Å². The van der Waals surface area contributed by atoms with Gasteiger partial charge in [-0.25, -0.2) is 4.98 Å². The Hall–Kier alpha value is -0.200. The molecule has 0 spiro atoms. The third-order valence-corrected chi connectivity index (χ3v) is 4.65. The van der Waals surface area contributed by atoms with Gasteiger partial charge in [0.2, 0.25) is 0 Å². The zero-order valence-electron chi connectivity index (χ0n) is 10.1. The molecular weight excluding hydrogens is 378 g/mol. The molecule has 1 saturated carbocycles. The third kappa shape index (κ3) is 3.65. The summed E-state index contributed by atoms with van der Waals surface area (Å²) in [6, 6.07) is 2.49. The van der Waals surface area contributed by atoms with Gasteiger partial charge in [-0.3, -0.25) is 0 Å². The molecule has 18 heavy (non-hydrogen) atoms. The predicted molar refractivity (Wildman–Crippen MR) is 86.0 cm³/mol.